The van der Waals surface area contributed by atoms with Crippen molar-refractivity contribution in [1.29, 1.82) is 0 Å². The molecule has 0 bridgehead atoms. The van der Waals surface area contributed by atoms with Gasteiger partial charge in [0.1, 0.15) is 0 Å². The Hall–Kier alpha value is -0.860. The third-order valence-electron chi connectivity index (χ3n) is 2.67. The number of rotatable bonds is 5. The fourth-order valence-electron chi connectivity index (χ4n) is 1.12. The van der Waals surface area contributed by atoms with Crippen LogP contribution in [0, 0.1) is 5.41 Å². The number of ether oxygens (including phenoxy) is 1. The lowest BCUT2D eigenvalue weighted by molar-refractivity contribution is -0.125. The molecule has 0 aliphatic heterocycles. The topological polar surface area (TPSA) is 29.5 Å². The zero-order valence-corrected chi connectivity index (χ0v) is 9.73. The van der Waals surface area contributed by atoms with Gasteiger partial charge >= 0.3 is 0 Å². The molecule has 0 aliphatic carbocycles. The Morgan fingerprint density at radius 3 is 2.40 bits per heavy atom. The molecule has 0 saturated carbocycles. The number of aliphatic hydroxyl groups excluding tert-OH is 1. The van der Waals surface area contributed by atoms with Gasteiger partial charge in [0.05, 0.1) is 6.61 Å². The lowest BCUT2D eigenvalue weighted by Crippen LogP contribution is -2.20. The molecule has 0 radical (unpaired) electrons. The molecular weight excluding hydrogens is 188 g/mol. The number of hydrogen-bond acceptors (Lipinski definition) is 2. The van der Waals surface area contributed by atoms with E-state index in [1.807, 2.05) is 30.3 Å². The van der Waals surface area contributed by atoms with Crippen molar-refractivity contribution in [3.63, 3.8) is 0 Å². The molecule has 0 saturated heterocycles. The highest BCUT2D eigenvalue weighted by molar-refractivity contribution is 5.15. The van der Waals surface area contributed by atoms with Gasteiger partial charge < -0.3 is 9.84 Å². The van der Waals surface area contributed by atoms with E-state index in [9.17, 15) is 5.11 Å². The van der Waals surface area contributed by atoms with Gasteiger partial charge in [0.2, 0.25) is 0 Å². The molecule has 2 nitrogen and oxygen atoms in total. The van der Waals surface area contributed by atoms with Gasteiger partial charge in [-0.25, -0.2) is 0 Å². The summed E-state index contributed by atoms with van der Waals surface area (Å²) in [6, 6.07) is 9.44. The third kappa shape index (κ3) is 4.02. The van der Waals surface area contributed by atoms with Crippen LogP contribution < -0.4 is 0 Å². The minimum Gasteiger partial charge on any atom is -0.364 e. The first-order valence-corrected chi connectivity index (χ1v) is 5.40. The summed E-state index contributed by atoms with van der Waals surface area (Å²) in [6.45, 7) is 6.95. The lowest BCUT2D eigenvalue weighted by Gasteiger charge is -2.24. The van der Waals surface area contributed by atoms with E-state index in [1.165, 1.54) is 0 Å². The molecule has 1 aromatic carbocycles. The van der Waals surface area contributed by atoms with Gasteiger partial charge in [0, 0.05) is 5.56 Å². The van der Waals surface area contributed by atoms with Gasteiger partial charge in [-0.2, -0.15) is 0 Å². The average Bonchev–Trinajstić information content (AvgIpc) is 2.27. The van der Waals surface area contributed by atoms with Crippen LogP contribution in [0.2, 0.25) is 0 Å². The van der Waals surface area contributed by atoms with Gasteiger partial charge in [-0.3, -0.25) is 0 Å². The standard InChI is InChI=1S/C13H20O2/c1-4-13(2,3)10-15-12(14)11-8-6-5-7-9-11/h5-9,12,14H,4,10H2,1-3H3. The number of benzene rings is 1. The van der Waals surface area contributed by atoms with Crippen LogP contribution in [0.5, 0.6) is 0 Å². The maximum absolute atomic E-state index is 9.76. The molecule has 0 fully saturated rings. The molecule has 2 heteroatoms. The predicted molar refractivity (Wildman–Crippen MR) is 61.4 cm³/mol. The highest BCUT2D eigenvalue weighted by Crippen LogP contribution is 2.23. The molecule has 1 aromatic rings. The molecule has 0 aromatic heterocycles. The average molecular weight is 208 g/mol. The summed E-state index contributed by atoms with van der Waals surface area (Å²) in [7, 11) is 0. The second-order valence-electron chi connectivity index (χ2n) is 4.59. The van der Waals surface area contributed by atoms with Crippen LogP contribution in [0.25, 0.3) is 0 Å². The van der Waals surface area contributed by atoms with Gasteiger partial charge in [-0.05, 0) is 11.8 Å². The first-order valence-electron chi connectivity index (χ1n) is 5.40. The summed E-state index contributed by atoms with van der Waals surface area (Å²) in [5.41, 5.74) is 0.930. The van der Waals surface area contributed by atoms with Crippen molar-refractivity contribution in [2.45, 2.75) is 33.5 Å². The van der Waals surface area contributed by atoms with Crippen LogP contribution in [0.1, 0.15) is 39.0 Å². The third-order valence-corrected chi connectivity index (χ3v) is 2.67. The van der Waals surface area contributed by atoms with E-state index in [2.05, 4.69) is 20.8 Å². The lowest BCUT2D eigenvalue weighted by atomic mass is 9.92. The van der Waals surface area contributed by atoms with Crippen LogP contribution in [0.15, 0.2) is 30.3 Å². The molecule has 0 amide bonds. The quantitative estimate of drug-likeness (QED) is 0.753. The maximum atomic E-state index is 9.76. The molecule has 0 heterocycles. The summed E-state index contributed by atoms with van der Waals surface area (Å²) in [4.78, 5) is 0. The first kappa shape index (κ1) is 12.2. The summed E-state index contributed by atoms with van der Waals surface area (Å²) in [5.74, 6) is 0. The van der Waals surface area contributed by atoms with E-state index in [0.717, 1.165) is 12.0 Å². The van der Waals surface area contributed by atoms with Crippen LogP contribution in [-0.2, 0) is 4.74 Å². The Kier molecular flexibility index (Phi) is 4.30. The van der Waals surface area contributed by atoms with Crippen molar-refractivity contribution >= 4 is 0 Å². The minimum absolute atomic E-state index is 0.121. The first-order chi connectivity index (χ1) is 7.05. The normalized spacial score (nSPS) is 13.9. The summed E-state index contributed by atoms with van der Waals surface area (Å²) in [5, 5.41) is 9.76. The van der Waals surface area contributed by atoms with E-state index in [4.69, 9.17) is 4.74 Å². The van der Waals surface area contributed by atoms with Crippen molar-refractivity contribution in [2.24, 2.45) is 5.41 Å². The van der Waals surface area contributed by atoms with Crippen molar-refractivity contribution < 1.29 is 9.84 Å². The van der Waals surface area contributed by atoms with E-state index in [1.54, 1.807) is 0 Å². The highest BCUT2D eigenvalue weighted by atomic mass is 16.6. The van der Waals surface area contributed by atoms with Crippen molar-refractivity contribution in [1.82, 2.24) is 0 Å². The fourth-order valence-corrected chi connectivity index (χ4v) is 1.12. The van der Waals surface area contributed by atoms with Gasteiger partial charge in [0.15, 0.2) is 6.29 Å². The van der Waals surface area contributed by atoms with Crippen LogP contribution in [-0.4, -0.2) is 11.7 Å². The fraction of sp³-hybridized carbons (Fsp3) is 0.538. The Morgan fingerprint density at radius 1 is 1.27 bits per heavy atom. The molecule has 84 valence electrons. The van der Waals surface area contributed by atoms with Gasteiger partial charge in [-0.15, -0.1) is 0 Å². The van der Waals surface area contributed by atoms with Crippen LogP contribution in [0.3, 0.4) is 0 Å². The predicted octanol–water partition coefficient (Wildman–Crippen LogP) is 3.13. The van der Waals surface area contributed by atoms with Crippen molar-refractivity contribution in [2.75, 3.05) is 6.61 Å². The van der Waals surface area contributed by atoms with E-state index < -0.39 is 6.29 Å². The van der Waals surface area contributed by atoms with Crippen LogP contribution in [0.4, 0.5) is 0 Å². The maximum Gasteiger partial charge on any atom is 0.181 e. The monoisotopic (exact) mass is 208 g/mol. The van der Waals surface area contributed by atoms with Gasteiger partial charge in [-0.1, -0.05) is 51.1 Å². The molecular formula is C13H20O2. The minimum atomic E-state index is -0.808. The molecule has 0 spiro atoms. The Morgan fingerprint density at radius 2 is 1.87 bits per heavy atom. The zero-order chi connectivity index (χ0) is 11.3. The van der Waals surface area contributed by atoms with Crippen LogP contribution >= 0.6 is 0 Å². The summed E-state index contributed by atoms with van der Waals surface area (Å²) >= 11 is 0. The summed E-state index contributed by atoms with van der Waals surface area (Å²) in [6.07, 6.45) is 0.228. The molecule has 1 unspecified atom stereocenters. The second kappa shape index (κ2) is 5.29. The Bertz CT molecular complexity index is 280. The SMILES string of the molecule is CCC(C)(C)COC(O)c1ccccc1. The molecule has 1 rings (SSSR count). The largest absolute Gasteiger partial charge is 0.364 e. The smallest absolute Gasteiger partial charge is 0.181 e. The highest BCUT2D eigenvalue weighted by Gasteiger charge is 2.18. The van der Waals surface area contributed by atoms with Crippen molar-refractivity contribution in [3.05, 3.63) is 35.9 Å². The molecule has 1 N–H and O–H groups in total. The molecule has 15 heavy (non-hydrogen) atoms. The zero-order valence-electron chi connectivity index (χ0n) is 9.73. The van der Waals surface area contributed by atoms with Crippen molar-refractivity contribution in [3.8, 4) is 0 Å². The molecule has 1 atom stereocenters. The summed E-state index contributed by atoms with van der Waals surface area (Å²) < 4.78 is 5.44. The second-order valence-corrected chi connectivity index (χ2v) is 4.59. The Balaban J connectivity index is 2.47. The van der Waals surface area contributed by atoms with Gasteiger partial charge in [0.25, 0.3) is 0 Å². The number of hydrogen-bond donors (Lipinski definition) is 1. The number of aliphatic hydroxyl groups is 1. The van der Waals surface area contributed by atoms with E-state index in [0.29, 0.717) is 6.61 Å². The van der Waals surface area contributed by atoms with E-state index >= 15 is 0 Å². The Labute approximate surface area is 91.9 Å². The molecule has 0 aliphatic rings. The van der Waals surface area contributed by atoms with E-state index in [-0.39, 0.29) is 5.41 Å².